The van der Waals surface area contributed by atoms with Crippen LogP contribution >= 0.6 is 0 Å². The summed E-state index contributed by atoms with van der Waals surface area (Å²) in [5, 5.41) is 0. The Kier molecular flexibility index (Phi) is 5.85. The zero-order valence-electron chi connectivity index (χ0n) is 10.3. The summed E-state index contributed by atoms with van der Waals surface area (Å²) in [4.78, 5) is 10.6. The molecule has 0 spiro atoms. The third-order valence-corrected chi connectivity index (χ3v) is 5.12. The maximum Gasteiger partial charge on any atom is 0.508 e. The van der Waals surface area contributed by atoms with Crippen LogP contribution in [0.2, 0.25) is 6.04 Å². The Morgan fingerprint density at radius 2 is 1.94 bits per heavy atom. The highest BCUT2D eigenvalue weighted by atomic mass is 28.4. The Morgan fingerprint density at radius 1 is 1.29 bits per heavy atom. The van der Waals surface area contributed by atoms with Gasteiger partial charge in [-0.2, -0.15) is 0 Å². The second kappa shape index (κ2) is 6.92. The summed E-state index contributed by atoms with van der Waals surface area (Å²) in [6.07, 6.45) is -0.973. The van der Waals surface area contributed by atoms with Gasteiger partial charge in [0, 0.05) is 27.4 Å². The van der Waals surface area contributed by atoms with E-state index in [0.717, 1.165) is 0 Å². The molecule has 0 aromatic rings. The van der Waals surface area contributed by atoms with E-state index < -0.39 is 15.0 Å². The third kappa shape index (κ3) is 4.24. The molecule has 0 aromatic heterocycles. The lowest BCUT2D eigenvalue weighted by Crippen LogP contribution is -2.43. The van der Waals surface area contributed by atoms with Crippen molar-refractivity contribution in [2.24, 2.45) is 0 Å². The lowest BCUT2D eigenvalue weighted by atomic mass is 10.4. The molecule has 17 heavy (non-hydrogen) atoms. The van der Waals surface area contributed by atoms with Gasteiger partial charge in [-0.25, -0.2) is 4.79 Å². The van der Waals surface area contributed by atoms with Gasteiger partial charge in [-0.1, -0.05) is 0 Å². The summed E-state index contributed by atoms with van der Waals surface area (Å²) in [7, 11) is 2.07. The maximum absolute atomic E-state index is 10.6. The van der Waals surface area contributed by atoms with E-state index in [1.807, 2.05) is 0 Å². The standard InChI is InChI=1S/C9H18O7Si/c1-11-17(12-2,13-3)5-4-14-6-8-7-15-9(10)16-8/h8H,4-7H2,1-3H3. The monoisotopic (exact) mass is 266 g/mol. The number of carbonyl (C=O) groups is 1. The van der Waals surface area contributed by atoms with E-state index in [2.05, 4.69) is 4.74 Å². The Hall–Kier alpha value is -0.673. The molecule has 0 amide bonds. The fourth-order valence-corrected chi connectivity index (χ4v) is 2.92. The quantitative estimate of drug-likeness (QED) is 0.358. The molecule has 0 radical (unpaired) electrons. The molecule has 0 saturated carbocycles. The van der Waals surface area contributed by atoms with Crippen molar-refractivity contribution in [2.75, 3.05) is 41.2 Å². The largest absolute Gasteiger partial charge is 0.508 e. The molecule has 1 heterocycles. The molecule has 1 rings (SSSR count). The summed E-state index contributed by atoms with van der Waals surface area (Å²) in [5.74, 6) is 0. The van der Waals surface area contributed by atoms with Gasteiger partial charge >= 0.3 is 15.0 Å². The van der Waals surface area contributed by atoms with Crippen LogP contribution in [0.5, 0.6) is 0 Å². The second-order valence-electron chi connectivity index (χ2n) is 3.42. The van der Waals surface area contributed by atoms with Crippen molar-refractivity contribution in [3.63, 3.8) is 0 Å². The zero-order chi connectivity index (χ0) is 12.7. The van der Waals surface area contributed by atoms with Crippen molar-refractivity contribution in [1.82, 2.24) is 0 Å². The first-order valence-electron chi connectivity index (χ1n) is 5.22. The van der Waals surface area contributed by atoms with Crippen molar-refractivity contribution in [3.05, 3.63) is 0 Å². The van der Waals surface area contributed by atoms with E-state index in [1.165, 1.54) is 0 Å². The van der Waals surface area contributed by atoms with Gasteiger partial charge in [-0.05, 0) is 0 Å². The normalized spacial score (nSPS) is 20.2. The Labute approximate surface area is 101 Å². The van der Waals surface area contributed by atoms with Gasteiger partial charge in [0.2, 0.25) is 0 Å². The highest BCUT2D eigenvalue weighted by molar-refractivity contribution is 6.60. The molecule has 0 aromatic carbocycles. The number of hydrogen-bond acceptors (Lipinski definition) is 7. The van der Waals surface area contributed by atoms with Crippen LogP contribution in [0.1, 0.15) is 0 Å². The molecular formula is C9H18O7Si. The van der Waals surface area contributed by atoms with Crippen molar-refractivity contribution in [1.29, 1.82) is 0 Å². The average molecular weight is 266 g/mol. The molecule has 0 aliphatic carbocycles. The first-order chi connectivity index (χ1) is 8.15. The predicted octanol–water partition coefficient (Wildman–Crippen LogP) is 0.416. The van der Waals surface area contributed by atoms with E-state index >= 15 is 0 Å². The molecule has 7 nitrogen and oxygen atoms in total. The lowest BCUT2D eigenvalue weighted by molar-refractivity contribution is 0.0425. The van der Waals surface area contributed by atoms with Crippen LogP contribution < -0.4 is 0 Å². The van der Waals surface area contributed by atoms with Gasteiger partial charge < -0.3 is 27.5 Å². The van der Waals surface area contributed by atoms with Crippen LogP contribution in [0.4, 0.5) is 4.79 Å². The highest BCUT2D eigenvalue weighted by Crippen LogP contribution is 2.13. The summed E-state index contributed by atoms with van der Waals surface area (Å²) < 4.78 is 30.5. The molecule has 1 unspecified atom stereocenters. The Bertz CT molecular complexity index is 235. The molecule has 1 fully saturated rings. The molecule has 0 N–H and O–H groups in total. The maximum atomic E-state index is 10.6. The third-order valence-electron chi connectivity index (χ3n) is 2.44. The molecule has 1 aliphatic heterocycles. The smallest absolute Gasteiger partial charge is 0.430 e. The van der Waals surface area contributed by atoms with Gasteiger partial charge in [0.15, 0.2) is 6.10 Å². The first kappa shape index (κ1) is 14.4. The molecule has 0 bridgehead atoms. The molecule has 8 heteroatoms. The highest BCUT2D eigenvalue weighted by Gasteiger charge is 2.37. The predicted molar refractivity (Wildman–Crippen MR) is 58.6 cm³/mol. The van der Waals surface area contributed by atoms with Crippen LogP contribution in [0, 0.1) is 0 Å². The van der Waals surface area contributed by atoms with E-state index in [4.69, 9.17) is 22.8 Å². The molecular weight excluding hydrogens is 248 g/mol. The van der Waals surface area contributed by atoms with E-state index in [-0.39, 0.29) is 12.7 Å². The molecule has 100 valence electrons. The summed E-state index contributed by atoms with van der Waals surface area (Å²) in [5.41, 5.74) is 0. The van der Waals surface area contributed by atoms with Gasteiger partial charge in [-0.15, -0.1) is 0 Å². The van der Waals surface area contributed by atoms with Gasteiger partial charge in [0.25, 0.3) is 0 Å². The minimum Gasteiger partial charge on any atom is -0.430 e. The minimum absolute atomic E-state index is 0.236. The van der Waals surface area contributed by atoms with Crippen LogP contribution in [0.3, 0.4) is 0 Å². The number of ether oxygens (including phenoxy) is 3. The molecule has 1 aliphatic rings. The summed E-state index contributed by atoms with van der Waals surface area (Å²) >= 11 is 0. The number of cyclic esters (lactones) is 2. The first-order valence-corrected chi connectivity index (χ1v) is 7.15. The topological polar surface area (TPSA) is 72.5 Å². The zero-order valence-corrected chi connectivity index (χ0v) is 11.3. The van der Waals surface area contributed by atoms with Crippen molar-refractivity contribution in [3.8, 4) is 0 Å². The molecule has 1 atom stereocenters. The van der Waals surface area contributed by atoms with E-state index in [9.17, 15) is 4.79 Å². The fourth-order valence-electron chi connectivity index (χ4n) is 1.42. The lowest BCUT2D eigenvalue weighted by Gasteiger charge is -2.24. The van der Waals surface area contributed by atoms with Crippen LogP contribution in [0.25, 0.3) is 0 Å². The van der Waals surface area contributed by atoms with E-state index in [1.54, 1.807) is 21.3 Å². The van der Waals surface area contributed by atoms with Crippen molar-refractivity contribution in [2.45, 2.75) is 12.1 Å². The van der Waals surface area contributed by atoms with Gasteiger partial charge in [0.05, 0.1) is 13.2 Å². The number of rotatable bonds is 8. The van der Waals surface area contributed by atoms with E-state index in [0.29, 0.717) is 19.3 Å². The SMILES string of the molecule is CO[Si](CCOCC1COC(=O)O1)(OC)OC. The number of hydrogen-bond donors (Lipinski definition) is 0. The van der Waals surface area contributed by atoms with Crippen LogP contribution in [0.15, 0.2) is 0 Å². The number of carbonyl (C=O) groups excluding carboxylic acids is 1. The second-order valence-corrected chi connectivity index (χ2v) is 6.51. The van der Waals surface area contributed by atoms with Gasteiger partial charge in [-0.3, -0.25) is 0 Å². The fraction of sp³-hybridized carbons (Fsp3) is 0.889. The van der Waals surface area contributed by atoms with Gasteiger partial charge in [0.1, 0.15) is 6.61 Å². The molecule has 1 saturated heterocycles. The Morgan fingerprint density at radius 3 is 2.41 bits per heavy atom. The Balaban J connectivity index is 2.16. The van der Waals surface area contributed by atoms with Crippen molar-refractivity contribution >= 4 is 15.0 Å². The van der Waals surface area contributed by atoms with Crippen LogP contribution in [-0.4, -0.2) is 62.2 Å². The summed E-state index contributed by atoms with van der Waals surface area (Å²) in [6.45, 7) is 0.948. The van der Waals surface area contributed by atoms with Crippen molar-refractivity contribution < 1.29 is 32.3 Å². The summed E-state index contributed by atoms with van der Waals surface area (Å²) in [6, 6.07) is 0.540. The average Bonchev–Trinajstić information content (AvgIpc) is 2.76. The van der Waals surface area contributed by atoms with Crippen LogP contribution in [-0.2, 0) is 27.5 Å². The minimum atomic E-state index is -2.57.